The van der Waals surface area contributed by atoms with Crippen molar-refractivity contribution in [2.24, 2.45) is 0 Å². The van der Waals surface area contributed by atoms with E-state index < -0.39 is 17.2 Å². The van der Waals surface area contributed by atoms with Crippen molar-refractivity contribution in [2.75, 3.05) is 6.61 Å². The Bertz CT molecular complexity index is 643. The lowest BCUT2D eigenvalue weighted by Gasteiger charge is -2.42. The third-order valence-corrected chi connectivity index (χ3v) is 5.44. The number of thiazole rings is 1. The van der Waals surface area contributed by atoms with E-state index in [0.717, 1.165) is 0 Å². The number of nitrogens with zero attached hydrogens (tertiary/aromatic N) is 2. The molecule has 1 aromatic rings. The predicted molar refractivity (Wildman–Crippen MR) is 79.1 cm³/mol. The molecule has 1 N–H and O–H groups in total. The number of carbonyl (C=O) groups excluding carboxylic acids is 2. The monoisotopic (exact) mass is 340 g/mol. The largest absolute Gasteiger partial charge is 0.480 e. The zero-order valence-electron chi connectivity index (χ0n) is 11.3. The zero-order valence-corrected chi connectivity index (χ0v) is 12.9. The molecule has 116 valence electrons. The fraction of sp³-hybridized carbons (Fsp3) is 0.385. The summed E-state index contributed by atoms with van der Waals surface area (Å²) in [7, 11) is 0. The topological polar surface area (TPSA) is 96.8 Å². The maximum atomic E-state index is 11.7. The highest BCUT2D eigenvalue weighted by atomic mass is 32.2. The summed E-state index contributed by atoms with van der Waals surface area (Å²) in [5.74, 6) is -1.52. The highest BCUT2D eigenvalue weighted by Gasteiger charge is 2.44. The first-order valence-corrected chi connectivity index (χ1v) is 8.36. The molecule has 0 radical (unpaired) electrons. The molecule has 1 unspecified atom stereocenters. The number of aliphatic carboxylic acids is 1. The van der Waals surface area contributed by atoms with E-state index in [-0.39, 0.29) is 24.3 Å². The lowest BCUT2D eigenvalue weighted by molar-refractivity contribution is -0.143. The zero-order chi connectivity index (χ0) is 15.7. The number of carboxylic acids is 1. The van der Waals surface area contributed by atoms with E-state index in [1.807, 2.05) is 0 Å². The van der Waals surface area contributed by atoms with Crippen molar-refractivity contribution in [2.45, 2.75) is 23.5 Å². The molecule has 2 atom stereocenters. The number of hydrogen-bond acceptors (Lipinski definition) is 7. The Kier molecular flexibility index (Phi) is 4.16. The summed E-state index contributed by atoms with van der Waals surface area (Å²) in [6, 6.07) is 0. The van der Waals surface area contributed by atoms with E-state index in [2.05, 4.69) is 4.98 Å². The minimum absolute atomic E-state index is 0.0485. The summed E-state index contributed by atoms with van der Waals surface area (Å²) in [6.07, 6.45) is 1.90. The first-order chi connectivity index (χ1) is 10.5. The number of aromatic nitrogens is 1. The van der Waals surface area contributed by atoms with Crippen molar-refractivity contribution in [1.29, 1.82) is 0 Å². The number of carboxylic acid groups (broad SMARTS) is 1. The van der Waals surface area contributed by atoms with E-state index in [9.17, 15) is 19.5 Å². The second-order valence-electron chi connectivity index (χ2n) is 4.84. The average Bonchev–Trinajstić information content (AvgIpc) is 2.96. The van der Waals surface area contributed by atoms with Gasteiger partial charge in [0.05, 0.1) is 29.4 Å². The van der Waals surface area contributed by atoms with Crippen molar-refractivity contribution in [1.82, 2.24) is 9.88 Å². The summed E-state index contributed by atoms with van der Waals surface area (Å²) in [6.45, 7) is -0.135. The fourth-order valence-electron chi connectivity index (χ4n) is 2.18. The summed E-state index contributed by atoms with van der Waals surface area (Å²) < 4.78 is 5.12. The lowest BCUT2D eigenvalue weighted by atomic mass is 10.1. The van der Waals surface area contributed by atoms with Gasteiger partial charge in [-0.05, 0) is 0 Å². The van der Waals surface area contributed by atoms with E-state index in [0.29, 0.717) is 17.7 Å². The van der Waals surface area contributed by atoms with Crippen molar-refractivity contribution >= 4 is 40.9 Å². The Balaban J connectivity index is 1.62. The molecule has 3 heterocycles. The summed E-state index contributed by atoms with van der Waals surface area (Å²) in [5.41, 5.74) is 2.65. The molecule has 0 bridgehead atoms. The number of thioether (sulfide) groups is 1. The first-order valence-electron chi connectivity index (χ1n) is 6.47. The minimum Gasteiger partial charge on any atom is -0.480 e. The average molecular weight is 340 g/mol. The second kappa shape index (κ2) is 6.09. The van der Waals surface area contributed by atoms with Gasteiger partial charge < -0.3 is 14.7 Å². The van der Waals surface area contributed by atoms with Gasteiger partial charge in [0, 0.05) is 17.2 Å². The van der Waals surface area contributed by atoms with Crippen LogP contribution in [0.3, 0.4) is 0 Å². The molecular formula is C13H12N2O5S2. The molecule has 2 aliphatic heterocycles. The van der Waals surface area contributed by atoms with Crippen LogP contribution in [0.2, 0.25) is 0 Å². The van der Waals surface area contributed by atoms with Crippen molar-refractivity contribution in [3.05, 3.63) is 28.4 Å². The summed E-state index contributed by atoms with van der Waals surface area (Å²) in [5, 5.41) is 10.1. The van der Waals surface area contributed by atoms with Crippen molar-refractivity contribution in [3.8, 4) is 0 Å². The number of carbonyl (C=O) groups is 3. The van der Waals surface area contributed by atoms with Gasteiger partial charge in [-0.15, -0.1) is 23.1 Å². The highest BCUT2D eigenvalue weighted by Crippen LogP contribution is 2.40. The number of rotatable bonds is 5. The van der Waals surface area contributed by atoms with Gasteiger partial charge in [0.1, 0.15) is 11.9 Å². The molecule has 22 heavy (non-hydrogen) atoms. The number of fused-ring (bicyclic) bond motifs is 1. The third-order valence-electron chi connectivity index (χ3n) is 3.32. The molecule has 1 amide bonds. The van der Waals surface area contributed by atoms with Gasteiger partial charge in [0.2, 0.25) is 5.91 Å². The van der Waals surface area contributed by atoms with Crippen LogP contribution in [0.25, 0.3) is 0 Å². The molecule has 0 spiro atoms. The Hall–Kier alpha value is -1.87. The van der Waals surface area contributed by atoms with Gasteiger partial charge in [-0.25, -0.2) is 4.98 Å². The molecule has 3 rings (SSSR count). The molecule has 1 saturated heterocycles. The molecule has 7 nitrogen and oxygen atoms in total. The maximum Gasteiger partial charge on any atom is 0.321 e. The van der Waals surface area contributed by atoms with Gasteiger partial charge >= 0.3 is 11.9 Å². The Labute approximate surface area is 134 Å². The van der Waals surface area contributed by atoms with Crippen LogP contribution >= 0.6 is 23.1 Å². The van der Waals surface area contributed by atoms with E-state index in [1.165, 1.54) is 34.2 Å². The standard InChI is InChI=1S/C13H12N2O5S2/c16-9-2-10-15(9)3-7(12(22-10)13(18)19)4-20-11(17)1-8-5-21-6-14-8/h3,5-6,10,12H,1-2,4H2,(H,18,19)/t10-,12?/m1/s1. The molecule has 0 aromatic carbocycles. The summed E-state index contributed by atoms with van der Waals surface area (Å²) >= 11 is 2.58. The number of esters is 1. The minimum atomic E-state index is -0.995. The molecule has 0 aliphatic carbocycles. The normalized spacial score (nSPS) is 23.4. The van der Waals surface area contributed by atoms with Gasteiger partial charge in [0.15, 0.2) is 0 Å². The second-order valence-corrected chi connectivity index (χ2v) is 6.84. The maximum absolute atomic E-state index is 11.7. The Morgan fingerprint density at radius 2 is 2.32 bits per heavy atom. The van der Waals surface area contributed by atoms with Crippen LogP contribution in [0.1, 0.15) is 12.1 Å². The lowest BCUT2D eigenvalue weighted by Crippen LogP contribution is -2.51. The quantitative estimate of drug-likeness (QED) is 0.627. The van der Waals surface area contributed by atoms with Crippen LogP contribution in [0.4, 0.5) is 0 Å². The van der Waals surface area contributed by atoms with Crippen molar-refractivity contribution < 1.29 is 24.2 Å². The fourth-order valence-corrected chi connectivity index (χ4v) is 4.02. The van der Waals surface area contributed by atoms with Crippen LogP contribution in [0, 0.1) is 0 Å². The molecule has 1 aromatic heterocycles. The molecular weight excluding hydrogens is 328 g/mol. The van der Waals surface area contributed by atoms with Crippen molar-refractivity contribution in [3.63, 3.8) is 0 Å². The number of β-lactam (4-membered cyclic amide) rings is 1. The number of ether oxygens (including phenoxy) is 1. The Morgan fingerprint density at radius 1 is 1.50 bits per heavy atom. The van der Waals surface area contributed by atoms with Crippen LogP contribution in [-0.2, 0) is 25.5 Å². The third kappa shape index (κ3) is 3.00. The van der Waals surface area contributed by atoms with Crippen LogP contribution in [-0.4, -0.2) is 50.1 Å². The van der Waals surface area contributed by atoms with E-state index in [4.69, 9.17) is 4.74 Å². The summed E-state index contributed by atoms with van der Waals surface area (Å²) in [4.78, 5) is 40.0. The van der Waals surface area contributed by atoms with E-state index >= 15 is 0 Å². The Morgan fingerprint density at radius 3 is 2.95 bits per heavy atom. The molecule has 9 heteroatoms. The van der Waals surface area contributed by atoms with E-state index in [1.54, 1.807) is 10.9 Å². The van der Waals surface area contributed by atoms with Gasteiger partial charge in [-0.1, -0.05) is 0 Å². The van der Waals surface area contributed by atoms with Crippen LogP contribution < -0.4 is 0 Å². The van der Waals surface area contributed by atoms with Gasteiger partial charge in [-0.3, -0.25) is 14.4 Å². The molecule has 0 saturated carbocycles. The predicted octanol–water partition coefficient (Wildman–Crippen LogP) is 0.871. The highest BCUT2D eigenvalue weighted by molar-refractivity contribution is 8.01. The van der Waals surface area contributed by atoms with Crippen LogP contribution in [0.5, 0.6) is 0 Å². The molecule has 1 fully saturated rings. The van der Waals surface area contributed by atoms with Gasteiger partial charge in [-0.2, -0.15) is 0 Å². The van der Waals surface area contributed by atoms with Crippen LogP contribution in [0.15, 0.2) is 22.7 Å². The number of amides is 1. The number of hydrogen-bond donors (Lipinski definition) is 1. The molecule has 2 aliphatic rings. The first kappa shape index (κ1) is 15.0. The smallest absolute Gasteiger partial charge is 0.321 e. The van der Waals surface area contributed by atoms with Gasteiger partial charge in [0.25, 0.3) is 0 Å². The SMILES string of the molecule is O=C(Cc1cscn1)OCC1=CN2C(=O)C[C@H]2SC1C(=O)O.